The van der Waals surface area contributed by atoms with Crippen LogP contribution in [0.5, 0.6) is 0 Å². The van der Waals surface area contributed by atoms with Gasteiger partial charge in [0.15, 0.2) is 0 Å². The van der Waals surface area contributed by atoms with E-state index < -0.39 is 0 Å². The number of morpholine rings is 1. The second-order valence-corrected chi connectivity index (χ2v) is 9.49. The molecule has 0 spiro atoms. The molecular formula is C30H34N4O3. The first-order valence-electron chi connectivity index (χ1n) is 13.1. The van der Waals surface area contributed by atoms with E-state index in [0.717, 1.165) is 70.2 Å². The van der Waals surface area contributed by atoms with Crippen LogP contribution in [-0.2, 0) is 4.74 Å². The number of rotatable bonds is 7. The minimum atomic E-state index is -0.171. The number of nitrogens with zero attached hydrogens (tertiary/aromatic N) is 3. The van der Waals surface area contributed by atoms with Gasteiger partial charge in [-0.1, -0.05) is 30.3 Å². The van der Waals surface area contributed by atoms with E-state index in [1.807, 2.05) is 41.3 Å². The maximum atomic E-state index is 13.6. The molecule has 2 amide bonds. The van der Waals surface area contributed by atoms with E-state index in [2.05, 4.69) is 21.2 Å². The zero-order chi connectivity index (χ0) is 25.5. The smallest absolute Gasteiger partial charge is 0.258 e. The molecule has 0 radical (unpaired) electrons. The molecule has 0 bridgehead atoms. The van der Waals surface area contributed by atoms with Crippen molar-refractivity contribution in [2.75, 3.05) is 67.6 Å². The fourth-order valence-corrected chi connectivity index (χ4v) is 5.02. The van der Waals surface area contributed by atoms with E-state index in [9.17, 15) is 9.59 Å². The number of anilines is 3. The summed E-state index contributed by atoms with van der Waals surface area (Å²) >= 11 is 0. The van der Waals surface area contributed by atoms with Gasteiger partial charge in [-0.25, -0.2) is 0 Å². The molecule has 0 aromatic heterocycles. The summed E-state index contributed by atoms with van der Waals surface area (Å²) in [5, 5.41) is 2.90. The molecule has 7 heteroatoms. The number of amides is 2. The normalized spacial score (nSPS) is 16.1. The Morgan fingerprint density at radius 2 is 1.43 bits per heavy atom. The van der Waals surface area contributed by atoms with Crippen molar-refractivity contribution in [2.24, 2.45) is 0 Å². The number of ether oxygens (including phenoxy) is 1. The van der Waals surface area contributed by atoms with Gasteiger partial charge in [-0.3, -0.25) is 14.5 Å². The minimum absolute atomic E-state index is 0.0245. The number of benzene rings is 3. The third-order valence-corrected chi connectivity index (χ3v) is 7.00. The molecule has 37 heavy (non-hydrogen) atoms. The zero-order valence-corrected chi connectivity index (χ0v) is 21.1. The topological polar surface area (TPSA) is 65.1 Å². The highest BCUT2D eigenvalue weighted by molar-refractivity contribution is 6.08. The van der Waals surface area contributed by atoms with Gasteiger partial charge < -0.3 is 19.9 Å². The average Bonchev–Trinajstić information content (AvgIpc) is 3.14. The molecule has 2 heterocycles. The van der Waals surface area contributed by atoms with Crippen molar-refractivity contribution in [3.8, 4) is 0 Å². The molecule has 1 N–H and O–H groups in total. The van der Waals surface area contributed by atoms with Crippen LogP contribution in [0.1, 0.15) is 33.6 Å². The third-order valence-electron chi connectivity index (χ3n) is 7.00. The van der Waals surface area contributed by atoms with Gasteiger partial charge in [0.25, 0.3) is 11.8 Å². The summed E-state index contributed by atoms with van der Waals surface area (Å²) < 4.78 is 5.46. The lowest BCUT2D eigenvalue weighted by Crippen LogP contribution is -2.38. The first-order valence-corrected chi connectivity index (χ1v) is 13.1. The molecule has 0 aliphatic carbocycles. The van der Waals surface area contributed by atoms with E-state index in [-0.39, 0.29) is 11.8 Å². The standard InChI is InChI=1S/C30H34N4O3/c35-29(24-8-2-1-3-9-24)31-26-14-12-25(13-15-26)30(36)34-19-7-18-33(27-10-4-5-11-28(27)34)17-6-16-32-20-22-37-23-21-32/h1-5,8-15H,6-7,16-23H2,(H,31,35). The fourth-order valence-electron chi connectivity index (χ4n) is 5.02. The van der Waals surface area contributed by atoms with Crippen LogP contribution in [0.2, 0.25) is 0 Å². The van der Waals surface area contributed by atoms with Gasteiger partial charge in [0.1, 0.15) is 0 Å². The average molecular weight is 499 g/mol. The lowest BCUT2D eigenvalue weighted by Gasteiger charge is -2.29. The predicted octanol–water partition coefficient (Wildman–Crippen LogP) is 4.52. The summed E-state index contributed by atoms with van der Waals surface area (Å²) in [7, 11) is 0. The number of nitrogens with one attached hydrogen (secondary N) is 1. The van der Waals surface area contributed by atoms with Crippen LogP contribution in [0.3, 0.4) is 0 Å². The maximum Gasteiger partial charge on any atom is 0.258 e. The molecule has 5 rings (SSSR count). The summed E-state index contributed by atoms with van der Waals surface area (Å²) in [6.45, 7) is 7.29. The van der Waals surface area contributed by atoms with E-state index in [0.29, 0.717) is 23.4 Å². The molecule has 1 saturated heterocycles. The van der Waals surface area contributed by atoms with Crippen LogP contribution < -0.4 is 15.1 Å². The SMILES string of the molecule is O=C(Nc1ccc(C(=O)N2CCCN(CCCN3CCOCC3)c3ccccc32)cc1)c1ccccc1. The number of carbonyl (C=O) groups excluding carboxylic acids is 2. The quantitative estimate of drug-likeness (QED) is 0.519. The third kappa shape index (κ3) is 6.18. The number of fused-ring (bicyclic) bond motifs is 1. The Balaban J connectivity index is 1.25. The Bertz CT molecular complexity index is 1190. The van der Waals surface area contributed by atoms with Gasteiger partial charge >= 0.3 is 0 Å². The van der Waals surface area contributed by atoms with Crippen LogP contribution in [0.15, 0.2) is 78.9 Å². The highest BCUT2D eigenvalue weighted by atomic mass is 16.5. The lowest BCUT2D eigenvalue weighted by molar-refractivity contribution is 0.0376. The largest absolute Gasteiger partial charge is 0.379 e. The first kappa shape index (κ1) is 25.0. The van der Waals surface area contributed by atoms with Gasteiger partial charge in [-0.15, -0.1) is 0 Å². The Hall–Kier alpha value is -3.68. The van der Waals surface area contributed by atoms with Crippen molar-refractivity contribution < 1.29 is 14.3 Å². The first-order chi connectivity index (χ1) is 18.2. The molecule has 0 saturated carbocycles. The number of carbonyl (C=O) groups is 2. The van der Waals surface area contributed by atoms with Gasteiger partial charge in [0, 0.05) is 56.1 Å². The molecule has 0 atom stereocenters. The summed E-state index contributed by atoms with van der Waals surface area (Å²) in [6.07, 6.45) is 1.99. The molecule has 0 unspecified atom stereocenters. The van der Waals surface area contributed by atoms with Gasteiger partial charge in [-0.2, -0.15) is 0 Å². The number of hydrogen-bond acceptors (Lipinski definition) is 5. The second-order valence-electron chi connectivity index (χ2n) is 9.49. The van der Waals surface area contributed by atoms with E-state index in [1.54, 1.807) is 36.4 Å². The summed E-state index contributed by atoms with van der Waals surface area (Å²) in [6, 6.07) is 24.5. The van der Waals surface area contributed by atoms with Crippen molar-refractivity contribution in [3.05, 3.63) is 90.0 Å². The molecule has 3 aromatic carbocycles. The van der Waals surface area contributed by atoms with Gasteiger partial charge in [0.2, 0.25) is 0 Å². The predicted molar refractivity (Wildman–Crippen MR) is 148 cm³/mol. The van der Waals surface area contributed by atoms with Crippen molar-refractivity contribution in [1.29, 1.82) is 0 Å². The maximum absolute atomic E-state index is 13.6. The highest BCUT2D eigenvalue weighted by Crippen LogP contribution is 2.33. The Labute approximate surface area is 218 Å². The Morgan fingerprint density at radius 1 is 0.730 bits per heavy atom. The van der Waals surface area contributed by atoms with Crippen LogP contribution in [0.4, 0.5) is 17.1 Å². The summed E-state index contributed by atoms with van der Waals surface area (Å²) in [5.74, 6) is -0.196. The molecule has 1 fully saturated rings. The highest BCUT2D eigenvalue weighted by Gasteiger charge is 2.25. The molecule has 3 aromatic rings. The van der Waals surface area contributed by atoms with Crippen molar-refractivity contribution >= 4 is 28.9 Å². The van der Waals surface area contributed by atoms with Crippen molar-refractivity contribution in [3.63, 3.8) is 0 Å². The number of para-hydroxylation sites is 2. The van der Waals surface area contributed by atoms with Crippen LogP contribution in [0, 0.1) is 0 Å². The monoisotopic (exact) mass is 498 g/mol. The Morgan fingerprint density at radius 3 is 2.19 bits per heavy atom. The van der Waals surface area contributed by atoms with Crippen molar-refractivity contribution in [2.45, 2.75) is 12.8 Å². The van der Waals surface area contributed by atoms with Crippen LogP contribution in [0.25, 0.3) is 0 Å². The molecule has 2 aliphatic heterocycles. The van der Waals surface area contributed by atoms with Gasteiger partial charge in [0.05, 0.1) is 24.6 Å². The fraction of sp³-hybridized carbons (Fsp3) is 0.333. The summed E-state index contributed by atoms with van der Waals surface area (Å²) in [4.78, 5) is 32.8. The van der Waals surface area contributed by atoms with E-state index in [4.69, 9.17) is 4.74 Å². The number of hydrogen-bond donors (Lipinski definition) is 1. The molecule has 7 nitrogen and oxygen atoms in total. The molecule has 2 aliphatic rings. The van der Waals surface area contributed by atoms with E-state index in [1.165, 1.54) is 0 Å². The van der Waals surface area contributed by atoms with Crippen molar-refractivity contribution in [1.82, 2.24) is 4.90 Å². The molecule has 192 valence electrons. The zero-order valence-electron chi connectivity index (χ0n) is 21.1. The van der Waals surface area contributed by atoms with E-state index >= 15 is 0 Å². The lowest BCUT2D eigenvalue weighted by atomic mass is 10.1. The molecular weight excluding hydrogens is 464 g/mol. The summed E-state index contributed by atoms with van der Waals surface area (Å²) in [5.41, 5.74) is 3.93. The van der Waals surface area contributed by atoms with Crippen LogP contribution in [-0.4, -0.2) is 69.2 Å². The second kappa shape index (κ2) is 12.0. The van der Waals surface area contributed by atoms with Gasteiger partial charge in [-0.05, 0) is 61.4 Å². The Kier molecular flexibility index (Phi) is 8.13. The van der Waals surface area contributed by atoms with Crippen LogP contribution >= 0.6 is 0 Å². The minimum Gasteiger partial charge on any atom is -0.379 e.